The maximum Gasteiger partial charge on any atom is 0.317 e. The number of hydrogen-bond acceptors (Lipinski definition) is 3. The summed E-state index contributed by atoms with van der Waals surface area (Å²) in [4.78, 5) is 25.1. The first-order valence-corrected chi connectivity index (χ1v) is 7.82. The molecule has 1 aromatic rings. The van der Waals surface area contributed by atoms with Crippen molar-refractivity contribution >= 4 is 23.8 Å². The van der Waals surface area contributed by atoms with Gasteiger partial charge < -0.3 is 15.3 Å². The van der Waals surface area contributed by atoms with Crippen molar-refractivity contribution in [2.75, 3.05) is 19.3 Å². The molecule has 0 saturated carbocycles. The fraction of sp³-hybridized carbons (Fsp3) is 0.429. The van der Waals surface area contributed by atoms with Crippen LogP contribution in [-0.2, 0) is 11.3 Å². The van der Waals surface area contributed by atoms with Crippen LogP contribution in [0.3, 0.4) is 0 Å². The molecule has 2 N–H and O–H groups in total. The van der Waals surface area contributed by atoms with E-state index >= 15 is 0 Å². The predicted octanol–water partition coefficient (Wildman–Crippen LogP) is 2.16. The normalized spacial score (nSPS) is 17.8. The number of carbonyl (C=O) groups is 2. The first kappa shape index (κ1) is 15.6. The Hall–Kier alpha value is -1.76. The monoisotopic (exact) mass is 312 g/mol. The lowest BCUT2D eigenvalue weighted by molar-refractivity contribution is -0.141. The van der Waals surface area contributed by atoms with Crippen molar-refractivity contribution in [3.8, 4) is 0 Å². The van der Waals surface area contributed by atoms with E-state index in [0.29, 0.717) is 18.5 Å². The average molecular weight is 312 g/mol. The van der Waals surface area contributed by atoms with E-state index in [2.05, 4.69) is 5.32 Å². The second-order valence-corrected chi connectivity index (χ2v) is 5.70. The van der Waals surface area contributed by atoms with E-state index in [0.717, 1.165) is 4.90 Å². The highest BCUT2D eigenvalue weighted by molar-refractivity contribution is 7.98. The summed E-state index contributed by atoms with van der Waals surface area (Å²) < 4.78 is 13.8. The Morgan fingerprint density at radius 3 is 2.90 bits per heavy atom. The molecule has 1 heterocycles. The molecular weight excluding hydrogens is 295 g/mol. The van der Waals surface area contributed by atoms with E-state index in [9.17, 15) is 14.0 Å². The molecule has 1 unspecified atom stereocenters. The largest absolute Gasteiger partial charge is 0.481 e. The number of halogens is 1. The second kappa shape index (κ2) is 6.80. The van der Waals surface area contributed by atoms with Crippen LogP contribution in [0.1, 0.15) is 12.0 Å². The van der Waals surface area contributed by atoms with E-state index in [1.54, 1.807) is 12.1 Å². The molecule has 0 spiro atoms. The number of amides is 2. The molecule has 5 nitrogen and oxygen atoms in total. The number of rotatable bonds is 4. The summed E-state index contributed by atoms with van der Waals surface area (Å²) in [6, 6.07) is 4.43. The molecule has 114 valence electrons. The fourth-order valence-electron chi connectivity index (χ4n) is 2.32. The Kier molecular flexibility index (Phi) is 5.06. The van der Waals surface area contributed by atoms with Crippen LogP contribution >= 0.6 is 11.8 Å². The summed E-state index contributed by atoms with van der Waals surface area (Å²) in [5.41, 5.74) is 0.451. The van der Waals surface area contributed by atoms with Crippen LogP contribution in [0, 0.1) is 11.7 Å². The SMILES string of the molecule is CSc1cccc(F)c1CNC(=O)N1CCC(C(=O)O)C1. The van der Waals surface area contributed by atoms with Crippen molar-refractivity contribution in [3.05, 3.63) is 29.6 Å². The smallest absolute Gasteiger partial charge is 0.317 e. The van der Waals surface area contributed by atoms with Gasteiger partial charge in [-0.25, -0.2) is 9.18 Å². The van der Waals surface area contributed by atoms with Gasteiger partial charge in [-0.3, -0.25) is 4.79 Å². The molecule has 21 heavy (non-hydrogen) atoms. The van der Waals surface area contributed by atoms with E-state index < -0.39 is 11.9 Å². The molecule has 1 atom stereocenters. The maximum absolute atomic E-state index is 13.8. The molecule has 0 bridgehead atoms. The summed E-state index contributed by atoms with van der Waals surface area (Å²) in [5.74, 6) is -1.75. The number of thioether (sulfide) groups is 1. The minimum Gasteiger partial charge on any atom is -0.481 e. The summed E-state index contributed by atoms with van der Waals surface area (Å²) in [7, 11) is 0. The molecule has 0 aliphatic carbocycles. The van der Waals surface area contributed by atoms with Crippen LogP contribution in [0.25, 0.3) is 0 Å². The topological polar surface area (TPSA) is 69.6 Å². The van der Waals surface area contributed by atoms with Gasteiger partial charge in [0.1, 0.15) is 5.82 Å². The molecule has 1 saturated heterocycles. The second-order valence-electron chi connectivity index (χ2n) is 4.85. The number of hydrogen-bond donors (Lipinski definition) is 2. The number of aliphatic carboxylic acids is 1. The molecule has 2 rings (SSSR count). The minimum atomic E-state index is -0.885. The zero-order valence-electron chi connectivity index (χ0n) is 11.6. The van der Waals surface area contributed by atoms with Crippen molar-refractivity contribution < 1.29 is 19.1 Å². The summed E-state index contributed by atoms with van der Waals surface area (Å²) in [6.45, 7) is 0.708. The average Bonchev–Trinajstić information content (AvgIpc) is 2.95. The minimum absolute atomic E-state index is 0.0932. The molecule has 1 aliphatic rings. The molecule has 1 aromatic carbocycles. The summed E-state index contributed by atoms with van der Waals surface area (Å²) >= 11 is 1.42. The predicted molar refractivity (Wildman–Crippen MR) is 77.7 cm³/mol. The lowest BCUT2D eigenvalue weighted by Crippen LogP contribution is -2.38. The van der Waals surface area contributed by atoms with Crippen molar-refractivity contribution in [2.24, 2.45) is 5.92 Å². The van der Waals surface area contributed by atoms with Gasteiger partial charge in [0.15, 0.2) is 0 Å². The zero-order valence-corrected chi connectivity index (χ0v) is 12.5. The molecule has 0 radical (unpaired) electrons. The Balaban J connectivity index is 1.95. The van der Waals surface area contributed by atoms with Gasteiger partial charge in [0, 0.05) is 30.1 Å². The van der Waals surface area contributed by atoms with Gasteiger partial charge in [0.2, 0.25) is 0 Å². The fourth-order valence-corrected chi connectivity index (χ4v) is 2.95. The van der Waals surface area contributed by atoms with Crippen LogP contribution in [-0.4, -0.2) is 41.4 Å². The van der Waals surface area contributed by atoms with Crippen molar-refractivity contribution in [1.82, 2.24) is 10.2 Å². The quantitative estimate of drug-likeness (QED) is 0.836. The number of carbonyl (C=O) groups excluding carboxylic acids is 1. The third-order valence-corrected chi connectivity index (χ3v) is 4.36. The number of carboxylic acid groups (broad SMARTS) is 1. The summed E-state index contributed by atoms with van der Waals surface area (Å²) in [6.07, 6.45) is 2.30. The first-order chi connectivity index (χ1) is 10.0. The Bertz CT molecular complexity index is 553. The van der Waals surface area contributed by atoms with Gasteiger partial charge in [-0.05, 0) is 24.8 Å². The standard InChI is InChI=1S/C14H17FN2O3S/c1-21-12-4-2-3-11(15)10(12)7-16-14(20)17-6-5-9(8-17)13(18)19/h2-4,9H,5-8H2,1H3,(H,16,20)(H,18,19). The van der Waals surface area contributed by atoms with Gasteiger partial charge >= 0.3 is 12.0 Å². The lowest BCUT2D eigenvalue weighted by Gasteiger charge is -2.17. The van der Waals surface area contributed by atoms with Crippen LogP contribution in [0.5, 0.6) is 0 Å². The maximum atomic E-state index is 13.8. The van der Waals surface area contributed by atoms with Gasteiger partial charge in [-0.15, -0.1) is 11.8 Å². The van der Waals surface area contributed by atoms with Gasteiger partial charge in [-0.2, -0.15) is 0 Å². The number of nitrogens with zero attached hydrogens (tertiary/aromatic N) is 1. The van der Waals surface area contributed by atoms with Crippen LogP contribution in [0.15, 0.2) is 23.1 Å². The van der Waals surface area contributed by atoms with Crippen molar-refractivity contribution in [1.29, 1.82) is 0 Å². The third kappa shape index (κ3) is 3.66. The molecule has 0 aromatic heterocycles. The van der Waals surface area contributed by atoms with E-state index in [4.69, 9.17) is 5.11 Å². The highest BCUT2D eigenvalue weighted by Crippen LogP contribution is 2.23. The highest BCUT2D eigenvalue weighted by atomic mass is 32.2. The number of likely N-dealkylation sites (tertiary alicyclic amines) is 1. The van der Waals surface area contributed by atoms with Crippen LogP contribution in [0.2, 0.25) is 0 Å². The lowest BCUT2D eigenvalue weighted by atomic mass is 10.1. The zero-order chi connectivity index (χ0) is 15.4. The van der Waals surface area contributed by atoms with Crippen molar-refractivity contribution in [3.63, 3.8) is 0 Å². The van der Waals surface area contributed by atoms with Crippen molar-refractivity contribution in [2.45, 2.75) is 17.9 Å². The molecule has 1 aliphatic heterocycles. The molecule has 7 heteroatoms. The highest BCUT2D eigenvalue weighted by Gasteiger charge is 2.30. The van der Waals surface area contributed by atoms with E-state index in [1.807, 2.05) is 6.26 Å². The van der Waals surface area contributed by atoms with Gasteiger partial charge in [0.05, 0.1) is 5.92 Å². The molecule has 2 amide bonds. The molecule has 1 fully saturated rings. The Morgan fingerprint density at radius 2 is 2.29 bits per heavy atom. The van der Waals surface area contributed by atoms with Crippen LogP contribution in [0.4, 0.5) is 9.18 Å². The number of carboxylic acids is 1. The van der Waals surface area contributed by atoms with E-state index in [1.165, 1.54) is 22.7 Å². The van der Waals surface area contributed by atoms with Crippen LogP contribution < -0.4 is 5.32 Å². The third-order valence-electron chi connectivity index (χ3n) is 3.54. The van der Waals surface area contributed by atoms with Gasteiger partial charge in [0.25, 0.3) is 0 Å². The van der Waals surface area contributed by atoms with E-state index in [-0.39, 0.29) is 24.9 Å². The molecular formula is C14H17FN2O3S. The number of urea groups is 1. The Labute approximate surface area is 126 Å². The Morgan fingerprint density at radius 1 is 1.52 bits per heavy atom. The summed E-state index contributed by atoms with van der Waals surface area (Å²) in [5, 5.41) is 11.6. The number of benzene rings is 1. The van der Waals surface area contributed by atoms with Gasteiger partial charge in [-0.1, -0.05) is 6.07 Å². The first-order valence-electron chi connectivity index (χ1n) is 6.60. The number of nitrogens with one attached hydrogen (secondary N) is 1.